The van der Waals surface area contributed by atoms with Gasteiger partial charge >= 0.3 is 6.18 Å². The first-order valence-electron chi connectivity index (χ1n) is 4.99. The first-order valence-corrected chi connectivity index (χ1v) is 4.99. The summed E-state index contributed by atoms with van der Waals surface area (Å²) in [6.45, 7) is 1.77. The molecule has 6 heteroatoms. The third kappa shape index (κ3) is 11.6. The van der Waals surface area contributed by atoms with Gasteiger partial charge in [0, 0.05) is 13.2 Å². The van der Waals surface area contributed by atoms with E-state index in [-0.39, 0.29) is 12.7 Å². The van der Waals surface area contributed by atoms with Crippen LogP contribution in [-0.2, 0) is 4.74 Å². The Morgan fingerprint density at radius 1 is 1.40 bits per heavy atom. The van der Waals surface area contributed by atoms with Crippen LogP contribution in [0.1, 0.15) is 19.8 Å². The monoisotopic (exact) mass is 229 g/mol. The van der Waals surface area contributed by atoms with Gasteiger partial charge in [-0.05, 0) is 19.4 Å². The van der Waals surface area contributed by atoms with Gasteiger partial charge in [0.25, 0.3) is 0 Å². The summed E-state index contributed by atoms with van der Waals surface area (Å²) in [6, 6.07) is 0. The normalized spacial score (nSPS) is 14.2. The topological polar surface area (TPSA) is 41.5 Å². The van der Waals surface area contributed by atoms with E-state index in [1.54, 1.807) is 0 Å². The Bertz CT molecular complexity index is 153. The SMILES string of the molecule is CCC(O)CNCCCOCC(F)(F)F. The number of nitrogens with one attached hydrogen (secondary N) is 1. The van der Waals surface area contributed by atoms with Crippen molar-refractivity contribution in [3.8, 4) is 0 Å². The largest absolute Gasteiger partial charge is 0.411 e. The van der Waals surface area contributed by atoms with Crippen LogP contribution in [0.15, 0.2) is 0 Å². The lowest BCUT2D eigenvalue weighted by Crippen LogP contribution is -2.27. The Labute approximate surface area is 87.6 Å². The Kier molecular flexibility index (Phi) is 7.72. The van der Waals surface area contributed by atoms with Crippen molar-refractivity contribution in [1.29, 1.82) is 0 Å². The fourth-order valence-electron chi connectivity index (χ4n) is 0.900. The quantitative estimate of drug-likeness (QED) is 0.617. The van der Waals surface area contributed by atoms with E-state index in [0.29, 0.717) is 25.9 Å². The van der Waals surface area contributed by atoms with Gasteiger partial charge in [0.15, 0.2) is 0 Å². The number of ether oxygens (including phenoxy) is 1. The first-order chi connectivity index (χ1) is 6.95. The third-order valence-electron chi connectivity index (χ3n) is 1.76. The second-order valence-corrected chi connectivity index (χ2v) is 3.29. The highest BCUT2D eigenvalue weighted by Crippen LogP contribution is 2.14. The van der Waals surface area contributed by atoms with Gasteiger partial charge in [0.2, 0.25) is 0 Å². The van der Waals surface area contributed by atoms with Crippen LogP contribution < -0.4 is 5.32 Å². The van der Waals surface area contributed by atoms with E-state index in [9.17, 15) is 13.2 Å². The van der Waals surface area contributed by atoms with Crippen molar-refractivity contribution >= 4 is 0 Å². The minimum atomic E-state index is -4.24. The van der Waals surface area contributed by atoms with E-state index in [1.807, 2.05) is 6.92 Å². The smallest absolute Gasteiger partial charge is 0.392 e. The zero-order chi connectivity index (χ0) is 11.7. The van der Waals surface area contributed by atoms with Crippen molar-refractivity contribution in [2.24, 2.45) is 0 Å². The molecule has 0 spiro atoms. The van der Waals surface area contributed by atoms with Crippen LogP contribution in [0.5, 0.6) is 0 Å². The van der Waals surface area contributed by atoms with Gasteiger partial charge in [0.1, 0.15) is 6.61 Å². The zero-order valence-corrected chi connectivity index (χ0v) is 8.81. The van der Waals surface area contributed by atoms with Crippen LogP contribution in [-0.4, -0.2) is 43.7 Å². The van der Waals surface area contributed by atoms with Gasteiger partial charge in [-0.15, -0.1) is 0 Å². The molecule has 0 saturated carbocycles. The molecule has 0 heterocycles. The molecule has 0 aliphatic heterocycles. The van der Waals surface area contributed by atoms with Gasteiger partial charge in [0.05, 0.1) is 6.10 Å². The Morgan fingerprint density at radius 3 is 2.60 bits per heavy atom. The third-order valence-corrected chi connectivity index (χ3v) is 1.76. The average Bonchev–Trinajstić information content (AvgIpc) is 2.14. The van der Waals surface area contributed by atoms with Crippen LogP contribution >= 0.6 is 0 Å². The van der Waals surface area contributed by atoms with Crippen LogP contribution in [0.3, 0.4) is 0 Å². The molecular formula is C9H18F3NO2. The number of aliphatic hydroxyl groups is 1. The highest BCUT2D eigenvalue weighted by molar-refractivity contribution is 4.56. The Balaban J connectivity index is 3.12. The highest BCUT2D eigenvalue weighted by Gasteiger charge is 2.27. The van der Waals surface area contributed by atoms with E-state index >= 15 is 0 Å². The lowest BCUT2D eigenvalue weighted by molar-refractivity contribution is -0.173. The molecule has 92 valence electrons. The zero-order valence-electron chi connectivity index (χ0n) is 8.81. The maximum atomic E-state index is 11.6. The van der Waals surface area contributed by atoms with E-state index < -0.39 is 12.8 Å². The summed E-state index contributed by atoms with van der Waals surface area (Å²) in [5.74, 6) is 0. The Hall–Kier alpha value is -0.330. The molecule has 2 N–H and O–H groups in total. The summed E-state index contributed by atoms with van der Waals surface area (Å²) in [5.41, 5.74) is 0. The predicted octanol–water partition coefficient (Wildman–Crippen LogP) is 1.32. The number of alkyl halides is 3. The molecule has 0 aliphatic carbocycles. The molecule has 0 bridgehead atoms. The minimum absolute atomic E-state index is 0.0781. The van der Waals surface area contributed by atoms with E-state index in [4.69, 9.17) is 5.11 Å². The van der Waals surface area contributed by atoms with Crippen molar-refractivity contribution in [3.63, 3.8) is 0 Å². The number of hydrogen-bond acceptors (Lipinski definition) is 3. The van der Waals surface area contributed by atoms with Crippen LogP contribution in [0.2, 0.25) is 0 Å². The summed E-state index contributed by atoms with van der Waals surface area (Å²) in [7, 11) is 0. The second kappa shape index (κ2) is 7.90. The van der Waals surface area contributed by atoms with Crippen molar-refractivity contribution in [3.05, 3.63) is 0 Å². The molecule has 0 amide bonds. The van der Waals surface area contributed by atoms with Crippen LogP contribution in [0.25, 0.3) is 0 Å². The van der Waals surface area contributed by atoms with Crippen molar-refractivity contribution < 1.29 is 23.0 Å². The molecule has 0 saturated heterocycles. The fraction of sp³-hybridized carbons (Fsp3) is 1.00. The van der Waals surface area contributed by atoms with Crippen molar-refractivity contribution in [2.75, 3.05) is 26.3 Å². The van der Waals surface area contributed by atoms with E-state index in [1.165, 1.54) is 0 Å². The molecule has 0 aromatic rings. The average molecular weight is 229 g/mol. The summed E-state index contributed by atoms with van der Waals surface area (Å²) in [6.07, 6.45) is -3.46. The van der Waals surface area contributed by atoms with Crippen molar-refractivity contribution in [1.82, 2.24) is 5.32 Å². The van der Waals surface area contributed by atoms with Gasteiger partial charge in [-0.3, -0.25) is 0 Å². The van der Waals surface area contributed by atoms with Crippen LogP contribution in [0.4, 0.5) is 13.2 Å². The Morgan fingerprint density at radius 2 is 2.07 bits per heavy atom. The summed E-state index contributed by atoms with van der Waals surface area (Å²) < 4.78 is 39.2. The second-order valence-electron chi connectivity index (χ2n) is 3.29. The van der Waals surface area contributed by atoms with Crippen molar-refractivity contribution in [2.45, 2.75) is 32.0 Å². The number of aliphatic hydroxyl groups excluding tert-OH is 1. The summed E-state index contributed by atoms with van der Waals surface area (Å²) in [5, 5.41) is 12.0. The molecule has 0 radical (unpaired) electrons. The fourth-order valence-corrected chi connectivity index (χ4v) is 0.900. The number of rotatable bonds is 8. The van der Waals surface area contributed by atoms with Gasteiger partial charge in [-0.1, -0.05) is 6.92 Å². The van der Waals surface area contributed by atoms with Gasteiger partial charge in [-0.25, -0.2) is 0 Å². The lowest BCUT2D eigenvalue weighted by Gasteiger charge is -2.10. The minimum Gasteiger partial charge on any atom is -0.392 e. The molecule has 0 aromatic carbocycles. The predicted molar refractivity (Wildman–Crippen MR) is 50.7 cm³/mol. The van der Waals surface area contributed by atoms with E-state index in [2.05, 4.69) is 10.1 Å². The standard InChI is InChI=1S/C9H18F3NO2/c1-2-8(14)6-13-4-3-5-15-7-9(10,11)12/h8,13-14H,2-7H2,1H3. The van der Waals surface area contributed by atoms with E-state index in [0.717, 1.165) is 0 Å². The van der Waals surface area contributed by atoms with Crippen LogP contribution in [0, 0.1) is 0 Å². The number of hydrogen-bond donors (Lipinski definition) is 2. The first kappa shape index (κ1) is 14.7. The highest BCUT2D eigenvalue weighted by atomic mass is 19.4. The lowest BCUT2D eigenvalue weighted by atomic mass is 10.3. The molecule has 0 aromatic heterocycles. The maximum Gasteiger partial charge on any atom is 0.411 e. The molecule has 15 heavy (non-hydrogen) atoms. The molecule has 1 unspecified atom stereocenters. The van der Waals surface area contributed by atoms with Gasteiger partial charge < -0.3 is 15.2 Å². The number of halogens is 3. The summed E-state index contributed by atoms with van der Waals surface area (Å²) >= 11 is 0. The molecule has 1 atom stereocenters. The molecular weight excluding hydrogens is 211 g/mol. The maximum absolute atomic E-state index is 11.6. The van der Waals surface area contributed by atoms with Gasteiger partial charge in [-0.2, -0.15) is 13.2 Å². The molecule has 0 aliphatic rings. The molecule has 3 nitrogen and oxygen atoms in total. The molecule has 0 rings (SSSR count). The molecule has 0 fully saturated rings. The summed E-state index contributed by atoms with van der Waals surface area (Å²) in [4.78, 5) is 0.